The van der Waals surface area contributed by atoms with Crippen molar-refractivity contribution in [3.05, 3.63) is 75.0 Å². The Kier molecular flexibility index (Phi) is 5.94. The van der Waals surface area contributed by atoms with E-state index in [1.807, 2.05) is 25.3 Å². The van der Waals surface area contributed by atoms with Crippen LogP contribution in [0.5, 0.6) is 0 Å². The maximum atomic E-state index is 9.21. The van der Waals surface area contributed by atoms with E-state index >= 15 is 0 Å². The Labute approximate surface area is 188 Å². The molecule has 0 bridgehead atoms. The predicted molar refractivity (Wildman–Crippen MR) is 115 cm³/mol. The Morgan fingerprint density at radius 3 is 2.87 bits per heavy atom. The topological polar surface area (TPSA) is 69.8 Å². The van der Waals surface area contributed by atoms with Gasteiger partial charge in [0, 0.05) is 77.5 Å². The Hall–Kier alpha value is -2.24. The third-order valence-corrected chi connectivity index (χ3v) is 6.57. The molecule has 0 saturated carbocycles. The molecule has 1 radical (unpaired) electrons. The molecule has 1 fully saturated rings. The van der Waals surface area contributed by atoms with Gasteiger partial charge in [-0.3, -0.25) is 9.88 Å². The van der Waals surface area contributed by atoms with Gasteiger partial charge in [-0.25, -0.2) is 0 Å². The molecule has 2 aliphatic rings. The van der Waals surface area contributed by atoms with Crippen LogP contribution in [-0.2, 0) is 31.5 Å². The van der Waals surface area contributed by atoms with Crippen LogP contribution in [0.25, 0.3) is 21.3 Å². The van der Waals surface area contributed by atoms with Crippen molar-refractivity contribution < 1.29 is 18.6 Å². The summed E-state index contributed by atoms with van der Waals surface area (Å²) in [6, 6.07) is 11.0. The maximum Gasteiger partial charge on any atom is 0.0819 e. The average molecular weight is 437 g/mol. The fraction of sp³-hybridized carbons (Fsp3) is 0.435. The zero-order valence-corrected chi connectivity index (χ0v) is 18.9. The number of benzene rings is 1. The van der Waals surface area contributed by atoms with Crippen molar-refractivity contribution in [1.29, 1.82) is 0 Å². The van der Waals surface area contributed by atoms with Crippen LogP contribution < -0.4 is 0 Å². The van der Waals surface area contributed by atoms with Crippen molar-refractivity contribution in [2.24, 2.45) is 5.11 Å². The van der Waals surface area contributed by atoms with E-state index in [2.05, 4.69) is 49.6 Å². The van der Waals surface area contributed by atoms with Gasteiger partial charge in [-0.1, -0.05) is 22.8 Å². The molecule has 153 valence electrons. The molecule has 1 aromatic carbocycles. The Bertz CT molecular complexity index is 1110. The standard InChI is InChI=1S/C23H26N6.V/c1-15-5-8-20-18(12-15)23-21-4-3-10-28(21)11-9-22(23)29(20)14-19(26-27-24)17-7-6-16(2)25-13-17;/h5-8,12-13,19,21H,3-4,9-11,14H2,1-2H3;. The fourth-order valence-corrected chi connectivity index (χ4v) is 5.19. The predicted octanol–water partition coefficient (Wildman–Crippen LogP) is 5.40. The number of azide groups is 1. The van der Waals surface area contributed by atoms with Gasteiger partial charge in [0.2, 0.25) is 0 Å². The molecule has 0 amide bonds. The first-order chi connectivity index (χ1) is 14.2. The molecule has 30 heavy (non-hydrogen) atoms. The van der Waals surface area contributed by atoms with Gasteiger partial charge < -0.3 is 4.57 Å². The van der Waals surface area contributed by atoms with Gasteiger partial charge in [-0.2, -0.15) is 0 Å². The minimum absolute atomic E-state index is 0. The van der Waals surface area contributed by atoms with E-state index in [0.717, 1.165) is 24.2 Å². The number of fused-ring (bicyclic) bond motifs is 5. The molecule has 0 N–H and O–H groups in total. The van der Waals surface area contributed by atoms with Gasteiger partial charge in [-0.15, -0.1) is 0 Å². The van der Waals surface area contributed by atoms with Gasteiger partial charge in [0.05, 0.1) is 6.04 Å². The van der Waals surface area contributed by atoms with Gasteiger partial charge in [0.25, 0.3) is 0 Å². The Morgan fingerprint density at radius 1 is 1.23 bits per heavy atom. The first-order valence-electron chi connectivity index (χ1n) is 10.5. The summed E-state index contributed by atoms with van der Waals surface area (Å²) >= 11 is 0. The number of hydrogen-bond acceptors (Lipinski definition) is 3. The molecule has 3 aromatic rings. The van der Waals surface area contributed by atoms with E-state index in [1.165, 1.54) is 47.1 Å². The van der Waals surface area contributed by atoms with Crippen LogP contribution in [0, 0.1) is 13.8 Å². The van der Waals surface area contributed by atoms with Gasteiger partial charge in [0.1, 0.15) is 0 Å². The van der Waals surface area contributed by atoms with Crippen molar-refractivity contribution >= 4 is 10.9 Å². The quantitative estimate of drug-likeness (QED) is 0.312. The first-order valence-corrected chi connectivity index (χ1v) is 10.5. The van der Waals surface area contributed by atoms with E-state index in [0.29, 0.717) is 12.6 Å². The zero-order chi connectivity index (χ0) is 20.0. The molecule has 2 unspecified atom stereocenters. The molecule has 2 aliphatic heterocycles. The normalized spacial score (nSPS) is 18.9. The number of hydrogen-bond donors (Lipinski definition) is 0. The Balaban J connectivity index is 0.00000218. The van der Waals surface area contributed by atoms with Crippen molar-refractivity contribution in [1.82, 2.24) is 14.5 Å². The number of aromatic nitrogens is 2. The molecule has 0 spiro atoms. The number of nitrogens with zero attached hydrogens (tertiary/aromatic N) is 6. The molecular formula is C23H26N6V. The van der Waals surface area contributed by atoms with E-state index in [9.17, 15) is 5.53 Å². The van der Waals surface area contributed by atoms with Gasteiger partial charge in [0.15, 0.2) is 0 Å². The second-order valence-corrected chi connectivity index (χ2v) is 8.39. The SMILES string of the molecule is Cc1ccc2c(c1)c1c(n2CC(N=[N+]=[N-])c2ccc(C)nc2)CCN2CCCC12.[V]. The molecule has 1 saturated heterocycles. The van der Waals surface area contributed by atoms with E-state index in [-0.39, 0.29) is 24.6 Å². The second-order valence-electron chi connectivity index (χ2n) is 8.39. The molecular weight excluding hydrogens is 411 g/mol. The minimum Gasteiger partial charge on any atom is -0.343 e. The molecule has 0 aliphatic carbocycles. The zero-order valence-electron chi connectivity index (χ0n) is 17.5. The third kappa shape index (κ3) is 3.54. The van der Waals surface area contributed by atoms with E-state index in [4.69, 9.17) is 0 Å². The molecule has 5 rings (SSSR count). The van der Waals surface area contributed by atoms with Crippen LogP contribution in [0.1, 0.15) is 53.0 Å². The van der Waals surface area contributed by atoms with Crippen molar-refractivity contribution in [2.75, 3.05) is 13.1 Å². The van der Waals surface area contributed by atoms with Crippen LogP contribution in [0.3, 0.4) is 0 Å². The second kappa shape index (κ2) is 8.48. The molecule has 6 nitrogen and oxygen atoms in total. The summed E-state index contributed by atoms with van der Waals surface area (Å²) in [5.74, 6) is 0. The molecule has 2 atom stereocenters. The first kappa shape index (κ1) is 21.0. The summed E-state index contributed by atoms with van der Waals surface area (Å²) in [5, 5.41) is 5.52. The Morgan fingerprint density at radius 2 is 2.10 bits per heavy atom. The monoisotopic (exact) mass is 437 g/mol. The van der Waals surface area contributed by atoms with Gasteiger partial charge >= 0.3 is 0 Å². The maximum absolute atomic E-state index is 9.21. The van der Waals surface area contributed by atoms with Crippen molar-refractivity contribution in [3.8, 4) is 0 Å². The van der Waals surface area contributed by atoms with Crippen LogP contribution in [-0.4, -0.2) is 27.5 Å². The summed E-state index contributed by atoms with van der Waals surface area (Å²) in [4.78, 5) is 10.2. The van der Waals surface area contributed by atoms with Crippen LogP contribution >= 0.6 is 0 Å². The van der Waals surface area contributed by atoms with Crippen molar-refractivity contribution in [2.45, 2.75) is 51.7 Å². The number of rotatable bonds is 4. The average Bonchev–Trinajstić information content (AvgIpc) is 3.31. The van der Waals surface area contributed by atoms with Crippen LogP contribution in [0.2, 0.25) is 0 Å². The summed E-state index contributed by atoms with van der Waals surface area (Å²) in [5.41, 5.74) is 16.6. The largest absolute Gasteiger partial charge is 0.343 e. The number of pyridine rings is 1. The molecule has 2 aromatic heterocycles. The van der Waals surface area contributed by atoms with E-state index < -0.39 is 0 Å². The summed E-state index contributed by atoms with van der Waals surface area (Å²) < 4.78 is 2.42. The summed E-state index contributed by atoms with van der Waals surface area (Å²) in [6.07, 6.45) is 5.41. The fourth-order valence-electron chi connectivity index (χ4n) is 5.19. The smallest absolute Gasteiger partial charge is 0.0819 e. The summed E-state index contributed by atoms with van der Waals surface area (Å²) in [6.45, 7) is 7.11. The minimum atomic E-state index is -0.268. The van der Waals surface area contributed by atoms with Crippen LogP contribution in [0.4, 0.5) is 0 Å². The molecule has 7 heteroatoms. The summed E-state index contributed by atoms with van der Waals surface area (Å²) in [7, 11) is 0. The van der Waals surface area contributed by atoms with Gasteiger partial charge in [-0.05, 0) is 68.1 Å². The molecule has 4 heterocycles. The van der Waals surface area contributed by atoms with Crippen molar-refractivity contribution in [3.63, 3.8) is 0 Å². The third-order valence-electron chi connectivity index (χ3n) is 6.57. The van der Waals surface area contributed by atoms with E-state index in [1.54, 1.807) is 0 Å². The van der Waals surface area contributed by atoms with Crippen LogP contribution in [0.15, 0.2) is 41.6 Å². The number of aryl methyl sites for hydroxylation is 2.